The van der Waals surface area contributed by atoms with Crippen LogP contribution in [0.25, 0.3) is 0 Å². The highest BCUT2D eigenvalue weighted by Crippen LogP contribution is 2.22. The average molecular weight is 238 g/mol. The Labute approximate surface area is 101 Å². The van der Waals surface area contributed by atoms with E-state index in [0.29, 0.717) is 0 Å². The Hall–Kier alpha value is -0.970. The van der Waals surface area contributed by atoms with Gasteiger partial charge in [0.2, 0.25) is 0 Å². The molecule has 0 bridgehead atoms. The van der Waals surface area contributed by atoms with Crippen molar-refractivity contribution in [3.05, 3.63) is 12.4 Å². The lowest BCUT2D eigenvalue weighted by atomic mass is 10.0. The zero-order valence-electron chi connectivity index (χ0n) is 9.57. The molecule has 16 heavy (non-hydrogen) atoms. The summed E-state index contributed by atoms with van der Waals surface area (Å²) in [5.41, 5.74) is 0. The molecule has 0 atom stereocenters. The molecule has 0 saturated carbocycles. The van der Waals surface area contributed by atoms with Crippen molar-refractivity contribution in [2.24, 2.45) is 5.92 Å². The summed E-state index contributed by atoms with van der Waals surface area (Å²) in [6.07, 6.45) is 6.13. The molecular formula is C11H18N4S. The molecule has 0 aromatic carbocycles. The van der Waals surface area contributed by atoms with Crippen molar-refractivity contribution in [2.45, 2.75) is 12.8 Å². The van der Waals surface area contributed by atoms with E-state index in [0.717, 1.165) is 24.1 Å². The summed E-state index contributed by atoms with van der Waals surface area (Å²) < 4.78 is 0. The highest BCUT2D eigenvalue weighted by atomic mass is 32.2. The minimum absolute atomic E-state index is 0.793. The van der Waals surface area contributed by atoms with E-state index in [4.69, 9.17) is 0 Å². The quantitative estimate of drug-likeness (QED) is 0.841. The van der Waals surface area contributed by atoms with E-state index in [2.05, 4.69) is 32.4 Å². The summed E-state index contributed by atoms with van der Waals surface area (Å²) in [4.78, 5) is 8.51. The van der Waals surface area contributed by atoms with Crippen LogP contribution in [0.15, 0.2) is 12.4 Å². The van der Waals surface area contributed by atoms with Gasteiger partial charge in [0, 0.05) is 13.6 Å². The fraction of sp³-hybridized carbons (Fsp3) is 0.636. The lowest BCUT2D eigenvalue weighted by Crippen LogP contribution is -2.19. The van der Waals surface area contributed by atoms with Crippen LogP contribution in [0.3, 0.4) is 0 Å². The van der Waals surface area contributed by atoms with Crippen LogP contribution in [-0.2, 0) is 0 Å². The van der Waals surface area contributed by atoms with Crippen LogP contribution in [0.1, 0.15) is 12.8 Å². The molecule has 88 valence electrons. The van der Waals surface area contributed by atoms with Crippen molar-refractivity contribution < 1.29 is 0 Å². The lowest BCUT2D eigenvalue weighted by Gasteiger charge is -2.21. The minimum Gasteiger partial charge on any atom is -0.372 e. The molecular weight excluding hydrogens is 220 g/mol. The molecule has 0 amide bonds. The number of thioether (sulfide) groups is 1. The zero-order valence-corrected chi connectivity index (χ0v) is 10.4. The van der Waals surface area contributed by atoms with Gasteiger partial charge < -0.3 is 10.6 Å². The van der Waals surface area contributed by atoms with Gasteiger partial charge in [-0.1, -0.05) is 0 Å². The van der Waals surface area contributed by atoms with Crippen molar-refractivity contribution >= 4 is 23.4 Å². The van der Waals surface area contributed by atoms with Gasteiger partial charge in [0.25, 0.3) is 0 Å². The summed E-state index contributed by atoms with van der Waals surface area (Å²) >= 11 is 2.06. The Balaban J connectivity index is 1.83. The van der Waals surface area contributed by atoms with E-state index in [-0.39, 0.29) is 0 Å². The summed E-state index contributed by atoms with van der Waals surface area (Å²) in [5.74, 6) is 5.07. The van der Waals surface area contributed by atoms with Crippen LogP contribution in [0.4, 0.5) is 11.6 Å². The van der Waals surface area contributed by atoms with Crippen LogP contribution in [0.2, 0.25) is 0 Å². The predicted octanol–water partition coefficient (Wildman–Crippen LogP) is 2.07. The minimum atomic E-state index is 0.793. The van der Waals surface area contributed by atoms with Crippen LogP contribution < -0.4 is 10.6 Å². The normalized spacial score (nSPS) is 17.1. The summed E-state index contributed by atoms with van der Waals surface area (Å²) in [6, 6.07) is 0. The number of hydrogen-bond acceptors (Lipinski definition) is 5. The second-order valence-electron chi connectivity index (χ2n) is 3.98. The molecule has 1 aromatic heterocycles. The first-order valence-corrected chi connectivity index (χ1v) is 6.85. The standard InChI is InChI=1S/C11H18N4S/c1-12-10-7-13-8-11(15-10)14-6-9-2-4-16-5-3-9/h7-9H,2-6H2,1H3,(H2,12,14,15). The molecule has 1 aliphatic heterocycles. The van der Waals surface area contributed by atoms with Crippen LogP contribution in [-0.4, -0.2) is 35.1 Å². The number of anilines is 2. The summed E-state index contributed by atoms with van der Waals surface area (Å²) in [5, 5.41) is 6.35. The third-order valence-corrected chi connectivity index (χ3v) is 3.85. The Morgan fingerprint density at radius 2 is 2.06 bits per heavy atom. The van der Waals surface area contributed by atoms with E-state index in [9.17, 15) is 0 Å². The van der Waals surface area contributed by atoms with E-state index in [1.54, 1.807) is 12.4 Å². The largest absolute Gasteiger partial charge is 0.372 e. The van der Waals surface area contributed by atoms with Crippen molar-refractivity contribution in [2.75, 3.05) is 35.7 Å². The molecule has 1 fully saturated rings. The van der Waals surface area contributed by atoms with E-state index >= 15 is 0 Å². The molecule has 1 aromatic rings. The van der Waals surface area contributed by atoms with Gasteiger partial charge in [-0.25, -0.2) is 4.98 Å². The van der Waals surface area contributed by atoms with Gasteiger partial charge in [-0.15, -0.1) is 0 Å². The molecule has 0 spiro atoms. The van der Waals surface area contributed by atoms with Gasteiger partial charge in [-0.05, 0) is 30.3 Å². The maximum atomic E-state index is 4.39. The maximum absolute atomic E-state index is 4.39. The third-order valence-electron chi connectivity index (χ3n) is 2.80. The molecule has 2 rings (SSSR count). The third kappa shape index (κ3) is 3.27. The van der Waals surface area contributed by atoms with E-state index in [1.165, 1.54) is 24.3 Å². The summed E-state index contributed by atoms with van der Waals surface area (Å²) in [7, 11) is 1.85. The number of nitrogens with one attached hydrogen (secondary N) is 2. The highest BCUT2D eigenvalue weighted by molar-refractivity contribution is 7.99. The van der Waals surface area contributed by atoms with Crippen molar-refractivity contribution in [1.29, 1.82) is 0 Å². The Morgan fingerprint density at radius 1 is 1.31 bits per heavy atom. The number of rotatable bonds is 4. The predicted molar refractivity (Wildman–Crippen MR) is 70.1 cm³/mol. The van der Waals surface area contributed by atoms with Gasteiger partial charge in [0.05, 0.1) is 12.4 Å². The lowest BCUT2D eigenvalue weighted by molar-refractivity contribution is 0.515. The molecule has 0 radical (unpaired) electrons. The highest BCUT2D eigenvalue weighted by Gasteiger charge is 2.13. The van der Waals surface area contributed by atoms with Crippen LogP contribution >= 0.6 is 11.8 Å². The van der Waals surface area contributed by atoms with E-state index < -0.39 is 0 Å². The van der Waals surface area contributed by atoms with Gasteiger partial charge >= 0.3 is 0 Å². The van der Waals surface area contributed by atoms with Crippen molar-refractivity contribution in [3.63, 3.8) is 0 Å². The topological polar surface area (TPSA) is 49.8 Å². The fourth-order valence-corrected chi connectivity index (χ4v) is 2.98. The van der Waals surface area contributed by atoms with Gasteiger partial charge in [0.1, 0.15) is 11.6 Å². The molecule has 1 saturated heterocycles. The summed E-state index contributed by atoms with van der Waals surface area (Å²) in [6.45, 7) is 1.02. The Bertz CT molecular complexity index is 326. The van der Waals surface area contributed by atoms with Crippen molar-refractivity contribution in [3.8, 4) is 0 Å². The Morgan fingerprint density at radius 3 is 2.81 bits per heavy atom. The number of nitrogens with zero attached hydrogens (tertiary/aromatic N) is 2. The zero-order chi connectivity index (χ0) is 11.2. The van der Waals surface area contributed by atoms with E-state index in [1.807, 2.05) is 7.05 Å². The van der Waals surface area contributed by atoms with Crippen LogP contribution in [0, 0.1) is 5.92 Å². The molecule has 1 aliphatic rings. The van der Waals surface area contributed by atoms with Crippen molar-refractivity contribution in [1.82, 2.24) is 9.97 Å². The first kappa shape index (κ1) is 11.5. The molecule has 4 nitrogen and oxygen atoms in total. The maximum Gasteiger partial charge on any atom is 0.146 e. The van der Waals surface area contributed by atoms with Gasteiger partial charge in [-0.2, -0.15) is 11.8 Å². The molecule has 5 heteroatoms. The molecule has 2 N–H and O–H groups in total. The monoisotopic (exact) mass is 238 g/mol. The first-order chi connectivity index (χ1) is 7.88. The molecule has 0 aliphatic carbocycles. The molecule has 2 heterocycles. The van der Waals surface area contributed by atoms with Gasteiger partial charge in [-0.3, -0.25) is 4.98 Å². The Kier molecular flexibility index (Phi) is 4.27. The smallest absolute Gasteiger partial charge is 0.146 e. The second-order valence-corrected chi connectivity index (χ2v) is 5.20. The number of aromatic nitrogens is 2. The van der Waals surface area contributed by atoms with Gasteiger partial charge in [0.15, 0.2) is 0 Å². The average Bonchev–Trinajstić information content (AvgIpc) is 2.38. The fourth-order valence-electron chi connectivity index (χ4n) is 1.77. The van der Waals surface area contributed by atoms with Crippen LogP contribution in [0.5, 0.6) is 0 Å². The number of hydrogen-bond donors (Lipinski definition) is 2. The second kappa shape index (κ2) is 5.94. The molecule has 0 unspecified atom stereocenters. The SMILES string of the molecule is CNc1cncc(NCC2CCSCC2)n1. The first-order valence-electron chi connectivity index (χ1n) is 5.70.